The van der Waals surface area contributed by atoms with Crippen LogP contribution in [0.1, 0.15) is 11.1 Å². The van der Waals surface area contributed by atoms with Gasteiger partial charge in [0.2, 0.25) is 0 Å². The van der Waals surface area contributed by atoms with Crippen LogP contribution >= 0.6 is 23.2 Å². The maximum absolute atomic E-state index is 6.11. The lowest BCUT2D eigenvalue weighted by atomic mass is 10.1. The molecule has 0 aliphatic heterocycles. The molecule has 4 heteroatoms. The van der Waals surface area contributed by atoms with Crippen molar-refractivity contribution in [2.24, 2.45) is 5.73 Å². The Morgan fingerprint density at radius 2 is 1.84 bits per heavy atom. The molecular weight excluding hydrogens is 281 g/mol. The number of hydrogen-bond acceptors (Lipinski definition) is 2. The van der Waals surface area contributed by atoms with Crippen LogP contribution in [0, 0.1) is 0 Å². The molecule has 0 aliphatic carbocycles. The van der Waals surface area contributed by atoms with Crippen molar-refractivity contribution in [1.29, 1.82) is 0 Å². The van der Waals surface area contributed by atoms with Gasteiger partial charge in [0.1, 0.15) is 12.4 Å². The summed E-state index contributed by atoms with van der Waals surface area (Å²) >= 11 is 12.1. The monoisotopic (exact) mass is 295 g/mol. The first-order valence-corrected chi connectivity index (χ1v) is 6.81. The highest BCUT2D eigenvalue weighted by molar-refractivity contribution is 6.42. The summed E-state index contributed by atoms with van der Waals surface area (Å²) in [5.74, 6) is 0.807. The molecule has 0 heterocycles. The second-order valence-electron chi connectivity index (χ2n) is 4.19. The number of ether oxygens (including phenoxy) is 1. The number of hydrogen-bond donors (Lipinski definition) is 1. The standard InChI is InChI=1S/C15H15Cl2NO/c16-14-6-2-4-12(15(14)17)10-19-13-5-1-3-11(9-13)7-8-18/h1-6,9H,7-8,10,18H2. The molecule has 0 radical (unpaired) electrons. The van der Waals surface area contributed by atoms with Crippen molar-refractivity contribution in [1.82, 2.24) is 0 Å². The summed E-state index contributed by atoms with van der Waals surface area (Å²) in [6.45, 7) is 1.02. The second-order valence-corrected chi connectivity index (χ2v) is 4.97. The van der Waals surface area contributed by atoms with Crippen molar-refractivity contribution >= 4 is 23.2 Å². The molecule has 0 bridgehead atoms. The van der Waals surface area contributed by atoms with Gasteiger partial charge in [-0.15, -0.1) is 0 Å². The lowest BCUT2D eigenvalue weighted by Crippen LogP contribution is -2.03. The van der Waals surface area contributed by atoms with E-state index in [1.807, 2.05) is 36.4 Å². The maximum atomic E-state index is 6.11. The Morgan fingerprint density at radius 3 is 2.63 bits per heavy atom. The fourth-order valence-electron chi connectivity index (χ4n) is 1.78. The summed E-state index contributed by atoms with van der Waals surface area (Å²) in [4.78, 5) is 0. The summed E-state index contributed by atoms with van der Waals surface area (Å²) in [6.07, 6.45) is 0.842. The minimum absolute atomic E-state index is 0.394. The quantitative estimate of drug-likeness (QED) is 0.902. The van der Waals surface area contributed by atoms with E-state index in [4.69, 9.17) is 33.7 Å². The summed E-state index contributed by atoms with van der Waals surface area (Å²) in [7, 11) is 0. The van der Waals surface area contributed by atoms with Gasteiger partial charge in [0.15, 0.2) is 0 Å². The number of nitrogens with two attached hydrogens (primary N) is 1. The van der Waals surface area contributed by atoms with E-state index in [-0.39, 0.29) is 0 Å². The molecule has 2 rings (SSSR count). The van der Waals surface area contributed by atoms with Crippen molar-refractivity contribution in [3.8, 4) is 5.75 Å². The summed E-state index contributed by atoms with van der Waals surface area (Å²) in [6, 6.07) is 13.4. The Bertz CT molecular complexity index is 558. The van der Waals surface area contributed by atoms with Gasteiger partial charge in [0.05, 0.1) is 10.0 Å². The third-order valence-electron chi connectivity index (χ3n) is 2.76. The van der Waals surface area contributed by atoms with Gasteiger partial charge in [0, 0.05) is 5.56 Å². The average Bonchev–Trinajstić information content (AvgIpc) is 2.41. The molecule has 2 aromatic carbocycles. The van der Waals surface area contributed by atoms with Gasteiger partial charge in [-0.1, -0.05) is 47.5 Å². The van der Waals surface area contributed by atoms with E-state index < -0.39 is 0 Å². The van der Waals surface area contributed by atoms with Crippen LogP contribution < -0.4 is 10.5 Å². The Hall–Kier alpha value is -1.22. The first-order chi connectivity index (χ1) is 9.20. The van der Waals surface area contributed by atoms with Gasteiger partial charge >= 0.3 is 0 Å². The van der Waals surface area contributed by atoms with Gasteiger partial charge in [-0.25, -0.2) is 0 Å². The van der Waals surface area contributed by atoms with Gasteiger partial charge in [-0.05, 0) is 36.7 Å². The lowest BCUT2D eigenvalue weighted by molar-refractivity contribution is 0.306. The van der Waals surface area contributed by atoms with E-state index in [2.05, 4.69) is 0 Å². The predicted molar refractivity (Wildman–Crippen MR) is 80.0 cm³/mol. The molecule has 0 amide bonds. The summed E-state index contributed by atoms with van der Waals surface area (Å²) in [5, 5.41) is 1.09. The highest BCUT2D eigenvalue weighted by Crippen LogP contribution is 2.26. The average molecular weight is 296 g/mol. The number of benzene rings is 2. The zero-order valence-electron chi connectivity index (χ0n) is 10.4. The van der Waals surface area contributed by atoms with Gasteiger partial charge < -0.3 is 10.5 Å². The smallest absolute Gasteiger partial charge is 0.120 e. The van der Waals surface area contributed by atoms with Crippen LogP contribution in [0.3, 0.4) is 0 Å². The lowest BCUT2D eigenvalue weighted by Gasteiger charge is -2.09. The SMILES string of the molecule is NCCc1cccc(OCc2cccc(Cl)c2Cl)c1. The van der Waals surface area contributed by atoms with Crippen molar-refractivity contribution < 1.29 is 4.74 Å². The zero-order chi connectivity index (χ0) is 13.7. The molecule has 0 saturated heterocycles. The summed E-state index contributed by atoms with van der Waals surface area (Å²) in [5.41, 5.74) is 7.58. The Morgan fingerprint density at radius 1 is 1.05 bits per heavy atom. The van der Waals surface area contributed by atoms with E-state index in [0.717, 1.165) is 23.3 Å². The van der Waals surface area contributed by atoms with E-state index in [0.29, 0.717) is 23.2 Å². The highest BCUT2D eigenvalue weighted by Gasteiger charge is 2.05. The molecule has 0 saturated carbocycles. The van der Waals surface area contributed by atoms with Crippen LogP contribution in [0.15, 0.2) is 42.5 Å². The van der Waals surface area contributed by atoms with Gasteiger partial charge in [-0.2, -0.15) is 0 Å². The van der Waals surface area contributed by atoms with E-state index in [1.54, 1.807) is 6.07 Å². The molecule has 0 aliphatic rings. The topological polar surface area (TPSA) is 35.2 Å². The minimum atomic E-state index is 0.394. The van der Waals surface area contributed by atoms with Gasteiger partial charge in [0.25, 0.3) is 0 Å². The highest BCUT2D eigenvalue weighted by atomic mass is 35.5. The second kappa shape index (κ2) is 6.80. The molecule has 2 aromatic rings. The van der Waals surface area contributed by atoms with Crippen molar-refractivity contribution in [2.45, 2.75) is 13.0 Å². The van der Waals surface area contributed by atoms with Crippen molar-refractivity contribution in [2.75, 3.05) is 6.54 Å². The van der Waals surface area contributed by atoms with Crippen LogP contribution in [0.4, 0.5) is 0 Å². The number of rotatable bonds is 5. The van der Waals surface area contributed by atoms with Crippen LogP contribution in [0.25, 0.3) is 0 Å². The van der Waals surface area contributed by atoms with Crippen LogP contribution in [-0.4, -0.2) is 6.54 Å². The molecule has 2 nitrogen and oxygen atoms in total. The third kappa shape index (κ3) is 3.87. The molecule has 0 unspecified atom stereocenters. The molecule has 0 spiro atoms. The van der Waals surface area contributed by atoms with Crippen LogP contribution in [0.2, 0.25) is 10.0 Å². The normalized spacial score (nSPS) is 10.5. The van der Waals surface area contributed by atoms with Crippen molar-refractivity contribution in [3.05, 3.63) is 63.6 Å². The fourth-order valence-corrected chi connectivity index (χ4v) is 2.15. The predicted octanol–water partition coefficient (Wildman–Crippen LogP) is 4.07. The Kier molecular flexibility index (Phi) is 5.08. The maximum Gasteiger partial charge on any atom is 0.120 e. The molecular formula is C15H15Cl2NO. The first kappa shape index (κ1) is 14.2. The Labute approximate surface area is 123 Å². The van der Waals surface area contributed by atoms with Crippen LogP contribution in [0.5, 0.6) is 5.75 Å². The fraction of sp³-hybridized carbons (Fsp3) is 0.200. The zero-order valence-corrected chi connectivity index (χ0v) is 11.9. The molecule has 100 valence electrons. The third-order valence-corrected chi connectivity index (χ3v) is 3.62. The van der Waals surface area contributed by atoms with Crippen LogP contribution in [-0.2, 0) is 13.0 Å². The minimum Gasteiger partial charge on any atom is -0.489 e. The molecule has 0 aromatic heterocycles. The number of halogens is 2. The first-order valence-electron chi connectivity index (χ1n) is 6.05. The Balaban J connectivity index is 2.06. The van der Waals surface area contributed by atoms with E-state index >= 15 is 0 Å². The van der Waals surface area contributed by atoms with Crippen molar-refractivity contribution in [3.63, 3.8) is 0 Å². The van der Waals surface area contributed by atoms with Gasteiger partial charge in [-0.3, -0.25) is 0 Å². The molecule has 0 atom stereocenters. The summed E-state index contributed by atoms with van der Waals surface area (Å²) < 4.78 is 5.73. The molecule has 2 N–H and O–H groups in total. The van der Waals surface area contributed by atoms with E-state index in [1.165, 1.54) is 0 Å². The molecule has 0 fully saturated rings. The van der Waals surface area contributed by atoms with E-state index in [9.17, 15) is 0 Å². The largest absolute Gasteiger partial charge is 0.489 e. The molecule has 19 heavy (non-hydrogen) atoms.